The molecule has 3 rings (SSSR count). The molecule has 0 aliphatic carbocycles. The lowest BCUT2D eigenvalue weighted by Gasteiger charge is -2.23. The molecular formula is C24H26ClN3O4S. The Balaban J connectivity index is 1.66. The van der Waals surface area contributed by atoms with Crippen LogP contribution in [0.3, 0.4) is 0 Å². The maximum Gasteiger partial charge on any atom is 0.338 e. The Bertz CT molecular complexity index is 1030. The lowest BCUT2D eigenvalue weighted by atomic mass is 10.1. The maximum absolute atomic E-state index is 12.9. The fraction of sp³-hybridized carbons (Fsp3) is 0.333. The highest BCUT2D eigenvalue weighted by Crippen LogP contribution is 2.22. The van der Waals surface area contributed by atoms with Crippen molar-refractivity contribution in [2.45, 2.75) is 32.7 Å². The van der Waals surface area contributed by atoms with Crippen molar-refractivity contribution in [3.05, 3.63) is 64.7 Å². The zero-order valence-corrected chi connectivity index (χ0v) is 20.1. The fourth-order valence-electron chi connectivity index (χ4n) is 3.63. The summed E-state index contributed by atoms with van der Waals surface area (Å²) in [6, 6.07) is 13.3. The van der Waals surface area contributed by atoms with Crippen LogP contribution in [0.4, 0.5) is 5.69 Å². The third-order valence-electron chi connectivity index (χ3n) is 5.33. The number of halogens is 1. The van der Waals surface area contributed by atoms with Crippen molar-refractivity contribution in [1.29, 1.82) is 0 Å². The second kappa shape index (κ2) is 11.2. The second-order valence-corrected chi connectivity index (χ2v) is 8.30. The molecule has 0 saturated carbocycles. The molecule has 1 heterocycles. The Morgan fingerprint density at radius 2 is 1.76 bits per heavy atom. The molecule has 0 aromatic heterocycles. The topological polar surface area (TPSA) is 78.9 Å². The van der Waals surface area contributed by atoms with Crippen LogP contribution >= 0.6 is 23.8 Å². The molecule has 2 aromatic rings. The first-order valence-electron chi connectivity index (χ1n) is 10.8. The summed E-state index contributed by atoms with van der Waals surface area (Å²) in [5, 5.41) is 3.89. The Morgan fingerprint density at radius 1 is 1.09 bits per heavy atom. The molecule has 1 aliphatic rings. The van der Waals surface area contributed by atoms with Gasteiger partial charge in [0.2, 0.25) is 5.91 Å². The lowest BCUT2D eigenvalue weighted by molar-refractivity contribution is -0.130. The highest BCUT2D eigenvalue weighted by molar-refractivity contribution is 7.80. The molecule has 0 spiro atoms. The van der Waals surface area contributed by atoms with Crippen LogP contribution in [-0.2, 0) is 20.7 Å². The van der Waals surface area contributed by atoms with Gasteiger partial charge in [-0.05, 0) is 74.4 Å². The highest BCUT2D eigenvalue weighted by Gasteiger charge is 2.42. The van der Waals surface area contributed by atoms with E-state index in [-0.39, 0.29) is 24.8 Å². The summed E-state index contributed by atoms with van der Waals surface area (Å²) in [7, 11) is 0. The van der Waals surface area contributed by atoms with Crippen LogP contribution < -0.4 is 5.32 Å². The predicted octanol–water partition coefficient (Wildman–Crippen LogP) is 3.91. The summed E-state index contributed by atoms with van der Waals surface area (Å²) in [5.41, 5.74) is 1.99. The Labute approximate surface area is 203 Å². The number of benzene rings is 2. The smallest absolute Gasteiger partial charge is 0.338 e. The van der Waals surface area contributed by atoms with E-state index in [4.69, 9.17) is 28.6 Å². The van der Waals surface area contributed by atoms with Gasteiger partial charge in [0.05, 0.1) is 18.6 Å². The fourth-order valence-corrected chi connectivity index (χ4v) is 4.19. The van der Waals surface area contributed by atoms with Crippen LogP contribution in [0.1, 0.15) is 36.2 Å². The number of nitrogens with zero attached hydrogens (tertiary/aromatic N) is 2. The number of nitrogens with one attached hydrogen (secondary N) is 1. The number of ether oxygens (including phenoxy) is 1. The first kappa shape index (κ1) is 24.7. The number of rotatable bonds is 9. The van der Waals surface area contributed by atoms with E-state index in [1.54, 1.807) is 31.2 Å². The van der Waals surface area contributed by atoms with E-state index < -0.39 is 12.0 Å². The third-order valence-corrected chi connectivity index (χ3v) is 6.04. The number of anilines is 1. The summed E-state index contributed by atoms with van der Waals surface area (Å²) < 4.78 is 4.96. The molecule has 1 aliphatic heterocycles. The van der Waals surface area contributed by atoms with E-state index in [9.17, 15) is 14.4 Å². The number of thiocarbonyl (C=S) groups is 1. The lowest BCUT2D eigenvalue weighted by Crippen LogP contribution is -2.39. The van der Waals surface area contributed by atoms with Gasteiger partial charge in [-0.3, -0.25) is 14.5 Å². The number of hydrogen-bond donors (Lipinski definition) is 1. The number of likely N-dealkylation sites (N-methyl/N-ethyl adjacent to an activating group) is 1. The van der Waals surface area contributed by atoms with Crippen LogP contribution in [0, 0.1) is 0 Å². The minimum Gasteiger partial charge on any atom is -0.462 e. The molecule has 2 amide bonds. The molecule has 33 heavy (non-hydrogen) atoms. The third kappa shape index (κ3) is 6.09. The monoisotopic (exact) mass is 487 g/mol. The van der Waals surface area contributed by atoms with E-state index in [0.717, 1.165) is 5.56 Å². The van der Waals surface area contributed by atoms with Crippen molar-refractivity contribution in [2.75, 3.05) is 25.0 Å². The van der Waals surface area contributed by atoms with Gasteiger partial charge < -0.3 is 15.0 Å². The van der Waals surface area contributed by atoms with Gasteiger partial charge in [-0.25, -0.2) is 4.79 Å². The quantitative estimate of drug-likeness (QED) is 0.427. The second-order valence-electron chi connectivity index (χ2n) is 7.50. The molecule has 0 radical (unpaired) electrons. The summed E-state index contributed by atoms with van der Waals surface area (Å²) in [6.07, 6.45) is 0.630. The Hall–Kier alpha value is -2.97. The van der Waals surface area contributed by atoms with Crippen molar-refractivity contribution < 1.29 is 19.1 Å². The molecule has 2 aromatic carbocycles. The van der Waals surface area contributed by atoms with Crippen molar-refractivity contribution >= 4 is 52.4 Å². The van der Waals surface area contributed by atoms with Crippen LogP contribution in [0.5, 0.6) is 0 Å². The number of amides is 2. The standard InChI is InChI=1S/C24H26ClN3O4S/c1-3-27-22(30)20(28(24(27)33)14-13-16-5-9-18(25)10-6-16)15-21(29)26-19-11-7-17(8-12-19)23(31)32-4-2/h5-12,20H,3-4,13-15H2,1-2H3,(H,26,29)/t20-/m1/s1. The molecule has 1 saturated heterocycles. The SMILES string of the molecule is CCOC(=O)c1ccc(NC(=O)C[C@@H]2C(=O)N(CC)C(=S)N2CCc2ccc(Cl)cc2)cc1. The van der Waals surface area contributed by atoms with Crippen molar-refractivity contribution in [1.82, 2.24) is 9.80 Å². The number of hydrogen-bond acceptors (Lipinski definition) is 5. The molecule has 1 fully saturated rings. The summed E-state index contributed by atoms with van der Waals surface area (Å²) in [4.78, 5) is 40.8. The zero-order chi connectivity index (χ0) is 24.0. The van der Waals surface area contributed by atoms with Gasteiger partial charge in [0.15, 0.2) is 5.11 Å². The molecule has 7 nitrogen and oxygen atoms in total. The minimum absolute atomic E-state index is 0.0320. The molecule has 1 N–H and O–H groups in total. The number of carbonyl (C=O) groups is 3. The molecule has 9 heteroatoms. The summed E-state index contributed by atoms with van der Waals surface area (Å²) >= 11 is 11.5. The largest absolute Gasteiger partial charge is 0.462 e. The van der Waals surface area contributed by atoms with Gasteiger partial charge in [-0.1, -0.05) is 23.7 Å². The average molecular weight is 488 g/mol. The first-order chi connectivity index (χ1) is 15.8. The van der Waals surface area contributed by atoms with Crippen LogP contribution in [-0.4, -0.2) is 58.4 Å². The predicted molar refractivity (Wildman–Crippen MR) is 131 cm³/mol. The molecule has 1 atom stereocenters. The zero-order valence-electron chi connectivity index (χ0n) is 18.5. The van der Waals surface area contributed by atoms with E-state index >= 15 is 0 Å². The van der Waals surface area contributed by atoms with E-state index in [1.807, 2.05) is 36.1 Å². The van der Waals surface area contributed by atoms with Gasteiger partial charge in [0.1, 0.15) is 6.04 Å². The highest BCUT2D eigenvalue weighted by atomic mass is 35.5. The van der Waals surface area contributed by atoms with Gasteiger partial charge in [-0.2, -0.15) is 0 Å². The molecule has 174 valence electrons. The van der Waals surface area contributed by atoms with Crippen LogP contribution in [0.2, 0.25) is 5.02 Å². The van der Waals surface area contributed by atoms with E-state index in [0.29, 0.717) is 40.9 Å². The van der Waals surface area contributed by atoms with Gasteiger partial charge in [0.25, 0.3) is 5.91 Å². The molecular weight excluding hydrogens is 462 g/mol. The van der Waals surface area contributed by atoms with Gasteiger partial charge in [0, 0.05) is 23.8 Å². The average Bonchev–Trinajstić information content (AvgIpc) is 3.02. The molecule has 0 unspecified atom stereocenters. The minimum atomic E-state index is -0.663. The maximum atomic E-state index is 12.9. The van der Waals surface area contributed by atoms with Gasteiger partial charge in [-0.15, -0.1) is 0 Å². The van der Waals surface area contributed by atoms with Crippen molar-refractivity contribution in [3.63, 3.8) is 0 Å². The van der Waals surface area contributed by atoms with Crippen molar-refractivity contribution in [3.8, 4) is 0 Å². The molecule has 0 bridgehead atoms. The van der Waals surface area contributed by atoms with Gasteiger partial charge >= 0.3 is 5.97 Å². The number of carbonyl (C=O) groups excluding carboxylic acids is 3. The summed E-state index contributed by atoms with van der Waals surface area (Å²) in [6.45, 7) is 4.84. The Kier molecular flexibility index (Phi) is 8.41. The summed E-state index contributed by atoms with van der Waals surface area (Å²) in [5.74, 6) is -0.905. The van der Waals surface area contributed by atoms with E-state index in [1.165, 1.54) is 4.90 Å². The number of esters is 1. The van der Waals surface area contributed by atoms with E-state index in [2.05, 4.69) is 5.32 Å². The van der Waals surface area contributed by atoms with Crippen LogP contribution in [0.15, 0.2) is 48.5 Å². The van der Waals surface area contributed by atoms with Crippen LogP contribution in [0.25, 0.3) is 0 Å². The van der Waals surface area contributed by atoms with Crippen molar-refractivity contribution in [2.24, 2.45) is 0 Å². The Morgan fingerprint density at radius 3 is 2.36 bits per heavy atom. The normalized spacial score (nSPS) is 15.7. The first-order valence-corrected chi connectivity index (χ1v) is 11.6.